The van der Waals surface area contributed by atoms with Gasteiger partial charge < -0.3 is 9.72 Å². The summed E-state index contributed by atoms with van der Waals surface area (Å²) < 4.78 is 4.59. The SMILES string of the molecule is COC(=O)c1cc2cccc(C#N)c2[nH]1. The molecule has 0 unspecified atom stereocenters. The topological polar surface area (TPSA) is 65.9 Å². The van der Waals surface area contributed by atoms with Gasteiger partial charge in [0.1, 0.15) is 11.8 Å². The number of methoxy groups -OCH3 is 1. The van der Waals surface area contributed by atoms with Crippen molar-refractivity contribution in [3.63, 3.8) is 0 Å². The van der Waals surface area contributed by atoms with Crippen molar-refractivity contribution in [2.75, 3.05) is 7.11 Å². The molecule has 0 radical (unpaired) electrons. The number of nitrogens with one attached hydrogen (secondary N) is 1. The molecule has 2 rings (SSSR count). The Morgan fingerprint density at radius 2 is 2.33 bits per heavy atom. The van der Waals surface area contributed by atoms with E-state index in [0.29, 0.717) is 16.8 Å². The van der Waals surface area contributed by atoms with Gasteiger partial charge in [0, 0.05) is 5.39 Å². The molecule has 4 nitrogen and oxygen atoms in total. The summed E-state index contributed by atoms with van der Waals surface area (Å²) in [5.74, 6) is -0.435. The second kappa shape index (κ2) is 3.46. The summed E-state index contributed by atoms with van der Waals surface area (Å²) in [6.45, 7) is 0. The van der Waals surface area contributed by atoms with E-state index in [1.54, 1.807) is 18.2 Å². The Morgan fingerprint density at radius 1 is 1.53 bits per heavy atom. The van der Waals surface area contributed by atoms with Crippen molar-refractivity contribution in [2.45, 2.75) is 0 Å². The number of H-pyrrole nitrogens is 1. The van der Waals surface area contributed by atoms with E-state index in [9.17, 15) is 4.79 Å². The van der Waals surface area contributed by atoms with Gasteiger partial charge >= 0.3 is 5.97 Å². The predicted octanol–water partition coefficient (Wildman–Crippen LogP) is 1.83. The Labute approximate surface area is 86.1 Å². The third-order valence-corrected chi connectivity index (χ3v) is 2.18. The maximum atomic E-state index is 11.2. The molecule has 0 aliphatic heterocycles. The van der Waals surface area contributed by atoms with E-state index in [1.807, 2.05) is 6.07 Å². The number of hydrogen-bond acceptors (Lipinski definition) is 3. The largest absolute Gasteiger partial charge is 0.464 e. The van der Waals surface area contributed by atoms with Gasteiger partial charge in [-0.05, 0) is 12.1 Å². The van der Waals surface area contributed by atoms with Crippen LogP contribution in [0.4, 0.5) is 0 Å². The summed E-state index contributed by atoms with van der Waals surface area (Å²) >= 11 is 0. The lowest BCUT2D eigenvalue weighted by Crippen LogP contribution is -2.00. The fourth-order valence-electron chi connectivity index (χ4n) is 1.47. The molecule has 0 aliphatic carbocycles. The summed E-state index contributed by atoms with van der Waals surface area (Å²) in [4.78, 5) is 14.1. The zero-order valence-electron chi connectivity index (χ0n) is 8.07. The normalized spacial score (nSPS) is 9.87. The number of nitrogens with zero attached hydrogens (tertiary/aromatic N) is 1. The number of esters is 1. The molecule has 0 spiro atoms. The number of aromatic amines is 1. The van der Waals surface area contributed by atoms with Gasteiger partial charge in [0.25, 0.3) is 0 Å². The third-order valence-electron chi connectivity index (χ3n) is 2.18. The number of para-hydroxylation sites is 1. The molecule has 0 saturated heterocycles. The van der Waals surface area contributed by atoms with Gasteiger partial charge in [-0.2, -0.15) is 5.26 Å². The van der Waals surface area contributed by atoms with E-state index >= 15 is 0 Å². The Hall–Kier alpha value is -2.28. The van der Waals surface area contributed by atoms with Crippen molar-refractivity contribution in [2.24, 2.45) is 0 Å². The van der Waals surface area contributed by atoms with E-state index in [0.717, 1.165) is 5.39 Å². The summed E-state index contributed by atoms with van der Waals surface area (Å²) in [7, 11) is 1.32. The zero-order valence-corrected chi connectivity index (χ0v) is 8.07. The molecule has 0 aliphatic rings. The number of nitriles is 1. The van der Waals surface area contributed by atoms with E-state index in [1.165, 1.54) is 7.11 Å². The monoisotopic (exact) mass is 200 g/mol. The second-order valence-corrected chi connectivity index (χ2v) is 3.06. The number of carbonyl (C=O) groups excluding carboxylic acids is 1. The van der Waals surface area contributed by atoms with Gasteiger partial charge in [0.05, 0.1) is 18.2 Å². The van der Waals surface area contributed by atoms with Crippen molar-refractivity contribution >= 4 is 16.9 Å². The number of hydrogen-bond donors (Lipinski definition) is 1. The molecule has 0 saturated carbocycles. The number of ether oxygens (including phenoxy) is 1. The van der Waals surface area contributed by atoms with Gasteiger partial charge in [0.2, 0.25) is 0 Å². The lowest BCUT2D eigenvalue weighted by molar-refractivity contribution is 0.0595. The maximum absolute atomic E-state index is 11.2. The fourth-order valence-corrected chi connectivity index (χ4v) is 1.47. The number of rotatable bonds is 1. The first-order valence-electron chi connectivity index (χ1n) is 4.36. The molecule has 15 heavy (non-hydrogen) atoms. The zero-order chi connectivity index (χ0) is 10.8. The summed E-state index contributed by atoms with van der Waals surface area (Å²) in [5.41, 5.74) is 1.54. The van der Waals surface area contributed by atoms with E-state index in [4.69, 9.17) is 5.26 Å². The van der Waals surface area contributed by atoms with Crippen LogP contribution in [-0.2, 0) is 4.74 Å². The highest BCUT2D eigenvalue weighted by Gasteiger charge is 2.10. The number of carbonyl (C=O) groups is 1. The lowest BCUT2D eigenvalue weighted by atomic mass is 10.2. The minimum Gasteiger partial charge on any atom is -0.464 e. The highest BCUT2D eigenvalue weighted by atomic mass is 16.5. The molecule has 1 N–H and O–H groups in total. The van der Waals surface area contributed by atoms with Gasteiger partial charge in [-0.3, -0.25) is 0 Å². The van der Waals surface area contributed by atoms with Crippen LogP contribution in [0.2, 0.25) is 0 Å². The van der Waals surface area contributed by atoms with Crippen molar-refractivity contribution < 1.29 is 9.53 Å². The van der Waals surface area contributed by atoms with Crippen LogP contribution in [0.25, 0.3) is 10.9 Å². The summed E-state index contributed by atoms with van der Waals surface area (Å²) in [6.07, 6.45) is 0. The van der Waals surface area contributed by atoms with Gasteiger partial charge in [-0.25, -0.2) is 4.79 Å². The smallest absolute Gasteiger partial charge is 0.354 e. The Balaban J connectivity index is 2.66. The highest BCUT2D eigenvalue weighted by molar-refractivity contribution is 5.96. The van der Waals surface area contributed by atoms with Gasteiger partial charge in [-0.1, -0.05) is 12.1 Å². The van der Waals surface area contributed by atoms with Crippen LogP contribution in [0, 0.1) is 11.3 Å². The van der Waals surface area contributed by atoms with Gasteiger partial charge in [0.15, 0.2) is 0 Å². The van der Waals surface area contributed by atoms with Crippen LogP contribution in [0.3, 0.4) is 0 Å². The van der Waals surface area contributed by atoms with Gasteiger partial charge in [-0.15, -0.1) is 0 Å². The first kappa shape index (κ1) is 9.28. The predicted molar refractivity (Wildman–Crippen MR) is 54.4 cm³/mol. The van der Waals surface area contributed by atoms with Crippen molar-refractivity contribution in [3.8, 4) is 6.07 Å². The van der Waals surface area contributed by atoms with E-state index < -0.39 is 5.97 Å². The molecular weight excluding hydrogens is 192 g/mol. The molecule has 2 aromatic rings. The molecule has 4 heteroatoms. The molecule has 1 aromatic carbocycles. The number of fused-ring (bicyclic) bond motifs is 1. The lowest BCUT2D eigenvalue weighted by Gasteiger charge is -1.93. The van der Waals surface area contributed by atoms with Crippen molar-refractivity contribution in [1.82, 2.24) is 4.98 Å². The molecule has 0 amide bonds. The molecule has 0 fully saturated rings. The van der Waals surface area contributed by atoms with E-state index in [-0.39, 0.29) is 0 Å². The molecule has 74 valence electrons. The van der Waals surface area contributed by atoms with Crippen molar-refractivity contribution in [1.29, 1.82) is 5.26 Å². The highest BCUT2D eigenvalue weighted by Crippen LogP contribution is 2.19. The molecule has 0 atom stereocenters. The third kappa shape index (κ3) is 1.44. The second-order valence-electron chi connectivity index (χ2n) is 3.06. The summed E-state index contributed by atoms with van der Waals surface area (Å²) in [5, 5.41) is 9.68. The fraction of sp³-hybridized carbons (Fsp3) is 0.0909. The summed E-state index contributed by atoms with van der Waals surface area (Å²) in [6, 6.07) is 9.03. The Morgan fingerprint density at radius 3 is 3.00 bits per heavy atom. The molecular formula is C11H8N2O2. The standard InChI is InChI=1S/C11H8N2O2/c1-15-11(14)9-5-7-3-2-4-8(6-12)10(7)13-9/h2-5,13H,1H3. The number of benzene rings is 1. The van der Waals surface area contributed by atoms with Crippen LogP contribution in [-0.4, -0.2) is 18.1 Å². The first-order valence-corrected chi connectivity index (χ1v) is 4.36. The van der Waals surface area contributed by atoms with Crippen LogP contribution in [0.15, 0.2) is 24.3 Å². The molecule has 1 heterocycles. The maximum Gasteiger partial charge on any atom is 0.354 e. The quantitative estimate of drug-likeness (QED) is 0.714. The van der Waals surface area contributed by atoms with Crippen LogP contribution >= 0.6 is 0 Å². The number of aromatic nitrogens is 1. The van der Waals surface area contributed by atoms with Crippen LogP contribution in [0.1, 0.15) is 16.1 Å². The van der Waals surface area contributed by atoms with Crippen LogP contribution < -0.4 is 0 Å². The molecule has 0 bridgehead atoms. The molecule has 1 aromatic heterocycles. The van der Waals surface area contributed by atoms with Crippen molar-refractivity contribution in [3.05, 3.63) is 35.5 Å². The minimum atomic E-state index is -0.435. The first-order chi connectivity index (χ1) is 7.26. The average Bonchev–Trinajstić information content (AvgIpc) is 2.71. The Kier molecular flexibility index (Phi) is 2.14. The average molecular weight is 200 g/mol. The Bertz CT molecular complexity index is 563. The van der Waals surface area contributed by atoms with Crippen LogP contribution in [0.5, 0.6) is 0 Å². The van der Waals surface area contributed by atoms with E-state index in [2.05, 4.69) is 15.8 Å². The minimum absolute atomic E-state index is 0.357.